The molecule has 1 aliphatic rings. The largest absolute Gasteiger partial charge is 0.397 e. The lowest BCUT2D eigenvalue weighted by molar-refractivity contribution is -0.142. The molecule has 3 aromatic rings. The van der Waals surface area contributed by atoms with Gasteiger partial charge in [-0.2, -0.15) is 0 Å². The fraction of sp³-hybridized carbons (Fsp3) is 0.320. The highest BCUT2D eigenvalue weighted by Crippen LogP contribution is 2.37. The maximum absolute atomic E-state index is 13.4. The van der Waals surface area contributed by atoms with Gasteiger partial charge in [-0.1, -0.05) is 30.3 Å². The van der Waals surface area contributed by atoms with Gasteiger partial charge in [-0.05, 0) is 47.9 Å². The molecule has 0 radical (unpaired) electrons. The molecule has 1 fully saturated rings. The van der Waals surface area contributed by atoms with Crippen molar-refractivity contribution in [1.82, 2.24) is 14.8 Å². The van der Waals surface area contributed by atoms with Crippen molar-refractivity contribution in [1.29, 1.82) is 0 Å². The number of likely N-dealkylation sites (tertiary alicyclic amines) is 1. The number of amides is 2. The van der Waals surface area contributed by atoms with E-state index in [9.17, 15) is 9.59 Å². The van der Waals surface area contributed by atoms with Crippen LogP contribution in [0.15, 0.2) is 60.2 Å². The van der Waals surface area contributed by atoms with Crippen LogP contribution in [0.3, 0.4) is 0 Å². The zero-order valence-corrected chi connectivity index (χ0v) is 19.3. The number of nitrogen functional groups attached to an aromatic ring is 1. The summed E-state index contributed by atoms with van der Waals surface area (Å²) < 4.78 is 0. The minimum atomic E-state index is -0.657. The Morgan fingerprint density at radius 2 is 1.97 bits per heavy atom. The third-order valence-electron chi connectivity index (χ3n) is 6.03. The van der Waals surface area contributed by atoms with Crippen molar-refractivity contribution < 1.29 is 9.59 Å². The fourth-order valence-corrected chi connectivity index (χ4v) is 5.28. The van der Waals surface area contributed by atoms with E-state index in [4.69, 9.17) is 5.73 Å². The predicted octanol–water partition coefficient (Wildman–Crippen LogP) is 3.95. The van der Waals surface area contributed by atoms with E-state index in [0.29, 0.717) is 30.8 Å². The molecule has 0 bridgehead atoms. The molecule has 2 N–H and O–H groups in total. The number of aromatic nitrogens is 1. The van der Waals surface area contributed by atoms with E-state index < -0.39 is 5.41 Å². The van der Waals surface area contributed by atoms with Gasteiger partial charge in [0.15, 0.2) is 0 Å². The molecule has 0 saturated carbocycles. The number of nitrogens with zero attached hydrogens (tertiary/aromatic N) is 3. The highest BCUT2D eigenvalue weighted by Gasteiger charge is 2.44. The summed E-state index contributed by atoms with van der Waals surface area (Å²) in [6, 6.07) is 14.2. The van der Waals surface area contributed by atoms with E-state index in [1.165, 1.54) is 22.8 Å². The van der Waals surface area contributed by atoms with Gasteiger partial charge in [0.05, 0.1) is 16.7 Å². The van der Waals surface area contributed by atoms with E-state index >= 15 is 0 Å². The summed E-state index contributed by atoms with van der Waals surface area (Å²) in [5, 5.41) is 2.07. The molecule has 4 rings (SSSR count). The lowest BCUT2D eigenvalue weighted by Gasteiger charge is -2.43. The van der Waals surface area contributed by atoms with Gasteiger partial charge in [0, 0.05) is 44.5 Å². The summed E-state index contributed by atoms with van der Waals surface area (Å²) in [5.41, 5.74) is 8.35. The predicted molar refractivity (Wildman–Crippen MR) is 128 cm³/mol. The Kier molecular flexibility index (Phi) is 6.28. The van der Waals surface area contributed by atoms with Gasteiger partial charge in [0.25, 0.3) is 5.91 Å². The Bertz CT molecular complexity index is 1100. The van der Waals surface area contributed by atoms with Crippen LogP contribution in [-0.4, -0.2) is 53.8 Å². The Morgan fingerprint density at radius 1 is 1.19 bits per heavy atom. The van der Waals surface area contributed by atoms with Gasteiger partial charge >= 0.3 is 0 Å². The monoisotopic (exact) mass is 448 g/mol. The molecule has 1 aromatic carbocycles. The molecular formula is C25H28N4O2S. The molecule has 2 aromatic heterocycles. The first-order valence-electron chi connectivity index (χ1n) is 10.7. The van der Waals surface area contributed by atoms with Crippen LogP contribution in [0.2, 0.25) is 0 Å². The number of thiophene rings is 1. The molecule has 32 heavy (non-hydrogen) atoms. The first-order valence-corrected chi connectivity index (χ1v) is 11.6. The Hall–Kier alpha value is -3.19. The molecule has 0 spiro atoms. The van der Waals surface area contributed by atoms with Gasteiger partial charge < -0.3 is 15.5 Å². The van der Waals surface area contributed by atoms with Gasteiger partial charge in [-0.3, -0.25) is 14.6 Å². The second-order valence-electron chi connectivity index (χ2n) is 8.67. The normalized spacial score (nSPS) is 18.4. The average Bonchev–Trinajstić information content (AvgIpc) is 3.33. The first kappa shape index (κ1) is 22.0. The number of benzene rings is 1. The minimum absolute atomic E-state index is 0.0584. The van der Waals surface area contributed by atoms with Crippen LogP contribution >= 0.6 is 11.3 Å². The zero-order valence-electron chi connectivity index (χ0n) is 18.5. The Labute approximate surface area is 192 Å². The third-order valence-corrected chi connectivity index (χ3v) is 6.95. The molecule has 2 amide bonds. The van der Waals surface area contributed by atoms with Gasteiger partial charge in [-0.25, -0.2) is 0 Å². The number of rotatable bonds is 5. The summed E-state index contributed by atoms with van der Waals surface area (Å²) in [7, 11) is 3.57. The number of nitrogens with two attached hydrogens (primary N) is 1. The molecule has 166 valence electrons. The van der Waals surface area contributed by atoms with E-state index in [2.05, 4.69) is 40.7 Å². The number of hydrogen-bond donors (Lipinski definition) is 1. The quantitative estimate of drug-likeness (QED) is 0.641. The van der Waals surface area contributed by atoms with Crippen LogP contribution in [0.5, 0.6) is 0 Å². The minimum Gasteiger partial charge on any atom is -0.397 e. The van der Waals surface area contributed by atoms with Crippen molar-refractivity contribution in [3.05, 3.63) is 71.4 Å². The molecule has 0 unspecified atom stereocenters. The van der Waals surface area contributed by atoms with Gasteiger partial charge in [0.1, 0.15) is 0 Å². The van der Waals surface area contributed by atoms with Crippen molar-refractivity contribution in [2.24, 2.45) is 5.41 Å². The Morgan fingerprint density at radius 3 is 2.62 bits per heavy atom. The summed E-state index contributed by atoms with van der Waals surface area (Å²) in [6.45, 7) is 0.998. The maximum atomic E-state index is 13.4. The number of carbonyl (C=O) groups is 2. The number of hydrogen-bond acceptors (Lipinski definition) is 5. The standard InChI is InChI=1S/C25H28N4O2S/c1-28(2)24(31)25(14-18-6-8-19(9-7-18)22-5-3-12-32-22)10-4-11-29(17-25)23(30)20-13-21(26)16-27-15-20/h3,5-9,12-13,15-16H,4,10-11,14,17,26H2,1-2H3/t25-/m1/s1. The Balaban J connectivity index is 1.60. The van der Waals surface area contributed by atoms with Crippen LogP contribution in [-0.2, 0) is 11.2 Å². The second-order valence-corrected chi connectivity index (χ2v) is 9.62. The summed E-state index contributed by atoms with van der Waals surface area (Å²) >= 11 is 1.71. The van der Waals surface area contributed by atoms with Crippen LogP contribution in [0.25, 0.3) is 10.4 Å². The number of carbonyl (C=O) groups excluding carboxylic acids is 2. The van der Waals surface area contributed by atoms with Crippen LogP contribution in [0.4, 0.5) is 5.69 Å². The van der Waals surface area contributed by atoms with E-state index in [1.54, 1.807) is 41.3 Å². The van der Waals surface area contributed by atoms with Crippen LogP contribution < -0.4 is 5.73 Å². The topological polar surface area (TPSA) is 79.5 Å². The van der Waals surface area contributed by atoms with Crippen LogP contribution in [0, 0.1) is 5.41 Å². The van der Waals surface area contributed by atoms with Crippen molar-refractivity contribution in [3.63, 3.8) is 0 Å². The highest BCUT2D eigenvalue weighted by molar-refractivity contribution is 7.13. The first-order chi connectivity index (χ1) is 15.4. The van der Waals surface area contributed by atoms with Crippen molar-refractivity contribution in [2.45, 2.75) is 19.3 Å². The van der Waals surface area contributed by atoms with Gasteiger partial charge in [-0.15, -0.1) is 11.3 Å². The molecule has 1 atom stereocenters. The fourth-order valence-electron chi connectivity index (χ4n) is 4.55. The smallest absolute Gasteiger partial charge is 0.255 e. The lowest BCUT2D eigenvalue weighted by atomic mass is 9.73. The van der Waals surface area contributed by atoms with E-state index in [0.717, 1.165) is 18.4 Å². The molecule has 7 heteroatoms. The van der Waals surface area contributed by atoms with E-state index in [1.807, 2.05) is 6.07 Å². The maximum Gasteiger partial charge on any atom is 0.255 e. The average molecular weight is 449 g/mol. The van der Waals surface area contributed by atoms with Gasteiger partial charge in [0.2, 0.25) is 5.91 Å². The molecule has 1 saturated heterocycles. The number of anilines is 1. The summed E-state index contributed by atoms with van der Waals surface area (Å²) in [6.07, 6.45) is 5.16. The summed E-state index contributed by atoms with van der Waals surface area (Å²) in [4.78, 5) is 35.3. The molecule has 6 nitrogen and oxygen atoms in total. The van der Waals surface area contributed by atoms with E-state index in [-0.39, 0.29) is 11.8 Å². The second kappa shape index (κ2) is 9.12. The number of pyridine rings is 1. The SMILES string of the molecule is CN(C)C(=O)[C@@]1(Cc2ccc(-c3cccs3)cc2)CCCN(C(=O)c2cncc(N)c2)C1. The lowest BCUT2D eigenvalue weighted by Crippen LogP contribution is -2.54. The highest BCUT2D eigenvalue weighted by atomic mass is 32.1. The molecule has 0 aliphatic carbocycles. The molecule has 1 aliphatic heterocycles. The van der Waals surface area contributed by atoms with Crippen molar-refractivity contribution >= 4 is 28.8 Å². The molecular weight excluding hydrogens is 420 g/mol. The van der Waals surface area contributed by atoms with Crippen molar-refractivity contribution in [3.8, 4) is 10.4 Å². The van der Waals surface area contributed by atoms with Crippen LogP contribution in [0.1, 0.15) is 28.8 Å². The third kappa shape index (κ3) is 4.53. The zero-order chi connectivity index (χ0) is 22.7. The number of piperidine rings is 1. The summed E-state index contributed by atoms with van der Waals surface area (Å²) in [5.74, 6) is -0.0727. The molecule has 3 heterocycles. The van der Waals surface area contributed by atoms with Crippen molar-refractivity contribution in [2.75, 3.05) is 32.9 Å².